The van der Waals surface area contributed by atoms with Crippen LogP contribution < -0.4 is 0 Å². The molecule has 2 heterocycles. The van der Waals surface area contributed by atoms with E-state index in [0.29, 0.717) is 18.3 Å². The Labute approximate surface area is 124 Å². The fourth-order valence-electron chi connectivity index (χ4n) is 3.16. The fourth-order valence-corrected chi connectivity index (χ4v) is 3.16. The highest BCUT2D eigenvalue weighted by atomic mass is 16.5. The van der Waals surface area contributed by atoms with Crippen molar-refractivity contribution in [3.63, 3.8) is 0 Å². The van der Waals surface area contributed by atoms with E-state index in [1.807, 2.05) is 0 Å². The van der Waals surface area contributed by atoms with Crippen molar-refractivity contribution in [2.24, 2.45) is 0 Å². The van der Waals surface area contributed by atoms with E-state index < -0.39 is 0 Å². The van der Waals surface area contributed by atoms with Crippen LogP contribution in [0.5, 0.6) is 0 Å². The van der Waals surface area contributed by atoms with Gasteiger partial charge in [0.2, 0.25) is 0 Å². The summed E-state index contributed by atoms with van der Waals surface area (Å²) in [6, 6.07) is 0.782. The van der Waals surface area contributed by atoms with Crippen molar-refractivity contribution >= 4 is 0 Å². The normalized spacial score (nSPS) is 23.7. The van der Waals surface area contributed by atoms with Crippen molar-refractivity contribution in [1.82, 2.24) is 9.80 Å². The van der Waals surface area contributed by atoms with Gasteiger partial charge in [-0.3, -0.25) is 4.90 Å². The van der Waals surface area contributed by atoms with Gasteiger partial charge in [-0.1, -0.05) is 0 Å². The van der Waals surface area contributed by atoms with Crippen LogP contribution in [0.2, 0.25) is 0 Å². The maximum Gasteiger partial charge on any atom is 0.0832 e. The summed E-state index contributed by atoms with van der Waals surface area (Å²) in [5, 5.41) is 0. The number of rotatable bonds is 7. The number of hydrogen-bond acceptors (Lipinski definition) is 4. The molecule has 0 bridgehead atoms. The van der Waals surface area contributed by atoms with Gasteiger partial charge in [-0.15, -0.1) is 0 Å². The fraction of sp³-hybridized carbons (Fsp3) is 1.00. The first-order valence-electron chi connectivity index (χ1n) is 8.28. The molecule has 0 unspecified atom stereocenters. The van der Waals surface area contributed by atoms with Crippen LogP contribution in [0.3, 0.4) is 0 Å². The van der Waals surface area contributed by atoms with Gasteiger partial charge in [-0.05, 0) is 53.6 Å². The van der Waals surface area contributed by atoms with Gasteiger partial charge < -0.3 is 14.4 Å². The first-order valence-corrected chi connectivity index (χ1v) is 8.28. The first kappa shape index (κ1) is 16.2. The number of nitrogens with zero attached hydrogens (tertiary/aromatic N) is 2. The summed E-state index contributed by atoms with van der Waals surface area (Å²) in [5.41, 5.74) is 0. The second-order valence-electron chi connectivity index (χ2n) is 6.75. The molecule has 0 atom stereocenters. The molecule has 0 N–H and O–H groups in total. The summed E-state index contributed by atoms with van der Waals surface area (Å²) < 4.78 is 11.5. The second kappa shape index (κ2) is 7.74. The van der Waals surface area contributed by atoms with Crippen LogP contribution in [-0.4, -0.2) is 73.5 Å². The molecule has 0 spiro atoms. The quantitative estimate of drug-likeness (QED) is 0.714. The minimum absolute atomic E-state index is 0.353. The maximum atomic E-state index is 5.84. The van der Waals surface area contributed by atoms with Gasteiger partial charge in [-0.2, -0.15) is 0 Å². The van der Waals surface area contributed by atoms with E-state index in [0.717, 1.165) is 32.3 Å². The van der Waals surface area contributed by atoms with Gasteiger partial charge in [0, 0.05) is 25.7 Å². The topological polar surface area (TPSA) is 24.9 Å². The molecular weight excluding hydrogens is 252 g/mol. The predicted octanol–water partition coefficient (Wildman–Crippen LogP) is 1.98. The minimum Gasteiger partial charge on any atom is -0.377 e. The number of likely N-dealkylation sites (tertiary alicyclic amines) is 2. The van der Waals surface area contributed by atoms with Gasteiger partial charge in [0.05, 0.1) is 24.9 Å². The average molecular weight is 284 g/mol. The molecule has 2 saturated heterocycles. The number of ether oxygens (including phenoxy) is 2. The van der Waals surface area contributed by atoms with Crippen LogP contribution in [-0.2, 0) is 9.47 Å². The van der Waals surface area contributed by atoms with Crippen molar-refractivity contribution in [3.8, 4) is 0 Å². The highest BCUT2D eigenvalue weighted by molar-refractivity contribution is 4.89. The van der Waals surface area contributed by atoms with Crippen LogP contribution >= 0.6 is 0 Å². The Balaban J connectivity index is 1.56. The Morgan fingerprint density at radius 2 is 1.65 bits per heavy atom. The van der Waals surface area contributed by atoms with Crippen LogP contribution in [0.15, 0.2) is 0 Å². The monoisotopic (exact) mass is 284 g/mol. The maximum absolute atomic E-state index is 5.84. The molecule has 2 aliphatic heterocycles. The third-order valence-electron chi connectivity index (χ3n) is 4.27. The Morgan fingerprint density at radius 3 is 2.20 bits per heavy atom. The van der Waals surface area contributed by atoms with E-state index in [-0.39, 0.29) is 0 Å². The zero-order valence-electron chi connectivity index (χ0n) is 13.7. The third-order valence-corrected chi connectivity index (χ3v) is 4.27. The lowest BCUT2D eigenvalue weighted by Gasteiger charge is -2.47. The SMILES string of the molecule is CC(C)OCCN1CCC(N2CC(OC(C)C)C2)CC1. The zero-order valence-corrected chi connectivity index (χ0v) is 13.7. The lowest BCUT2D eigenvalue weighted by Crippen LogP contribution is -2.59. The lowest BCUT2D eigenvalue weighted by molar-refractivity contribution is -0.102. The van der Waals surface area contributed by atoms with Gasteiger partial charge in [0.15, 0.2) is 0 Å². The minimum atomic E-state index is 0.353. The largest absolute Gasteiger partial charge is 0.377 e. The average Bonchev–Trinajstić information content (AvgIpc) is 2.34. The molecule has 0 aromatic heterocycles. The lowest BCUT2D eigenvalue weighted by atomic mass is 9.98. The van der Waals surface area contributed by atoms with E-state index in [1.165, 1.54) is 25.9 Å². The predicted molar refractivity (Wildman–Crippen MR) is 82.1 cm³/mol. The molecule has 2 fully saturated rings. The Kier molecular flexibility index (Phi) is 6.27. The Bertz CT molecular complexity index is 270. The molecule has 2 aliphatic rings. The Morgan fingerprint density at radius 1 is 1.00 bits per heavy atom. The van der Waals surface area contributed by atoms with E-state index >= 15 is 0 Å². The van der Waals surface area contributed by atoms with E-state index in [9.17, 15) is 0 Å². The summed E-state index contributed by atoms with van der Waals surface area (Å²) in [6.45, 7) is 15.1. The molecule has 4 nitrogen and oxygen atoms in total. The van der Waals surface area contributed by atoms with Crippen LogP contribution in [0, 0.1) is 0 Å². The van der Waals surface area contributed by atoms with Gasteiger partial charge in [0.25, 0.3) is 0 Å². The molecule has 0 saturated carbocycles. The van der Waals surface area contributed by atoms with Crippen molar-refractivity contribution in [2.75, 3.05) is 39.3 Å². The van der Waals surface area contributed by atoms with Gasteiger partial charge >= 0.3 is 0 Å². The number of hydrogen-bond donors (Lipinski definition) is 0. The van der Waals surface area contributed by atoms with Crippen molar-refractivity contribution < 1.29 is 9.47 Å². The molecular formula is C16H32N2O2. The highest BCUT2D eigenvalue weighted by Gasteiger charge is 2.34. The highest BCUT2D eigenvalue weighted by Crippen LogP contribution is 2.23. The molecule has 0 aromatic rings. The van der Waals surface area contributed by atoms with Crippen molar-refractivity contribution in [3.05, 3.63) is 0 Å². The summed E-state index contributed by atoms with van der Waals surface area (Å²) in [6.07, 6.45) is 3.80. The summed E-state index contributed by atoms with van der Waals surface area (Å²) in [5.74, 6) is 0. The summed E-state index contributed by atoms with van der Waals surface area (Å²) in [4.78, 5) is 5.15. The molecule has 0 aromatic carbocycles. The van der Waals surface area contributed by atoms with Crippen LogP contribution in [0.1, 0.15) is 40.5 Å². The summed E-state index contributed by atoms with van der Waals surface area (Å²) in [7, 11) is 0. The molecule has 0 radical (unpaired) electrons. The standard InChI is InChI=1S/C16H32N2O2/c1-13(2)19-10-9-17-7-5-15(6-8-17)18-11-16(12-18)20-14(3)4/h13-16H,5-12H2,1-4H3. The molecule has 20 heavy (non-hydrogen) atoms. The van der Waals surface area contributed by atoms with Crippen molar-refractivity contribution in [2.45, 2.75) is 64.9 Å². The summed E-state index contributed by atoms with van der Waals surface area (Å²) >= 11 is 0. The van der Waals surface area contributed by atoms with Gasteiger partial charge in [0.1, 0.15) is 0 Å². The second-order valence-corrected chi connectivity index (χ2v) is 6.75. The van der Waals surface area contributed by atoms with Crippen LogP contribution in [0.25, 0.3) is 0 Å². The molecule has 0 aliphatic carbocycles. The van der Waals surface area contributed by atoms with E-state index in [2.05, 4.69) is 37.5 Å². The van der Waals surface area contributed by atoms with E-state index in [1.54, 1.807) is 0 Å². The molecule has 4 heteroatoms. The number of piperidine rings is 1. The first-order chi connectivity index (χ1) is 9.54. The molecule has 2 rings (SSSR count). The molecule has 118 valence electrons. The molecule has 0 amide bonds. The zero-order chi connectivity index (χ0) is 14.5. The van der Waals surface area contributed by atoms with Crippen molar-refractivity contribution in [1.29, 1.82) is 0 Å². The smallest absolute Gasteiger partial charge is 0.0832 e. The van der Waals surface area contributed by atoms with Gasteiger partial charge in [-0.25, -0.2) is 0 Å². The third kappa shape index (κ3) is 4.99. The van der Waals surface area contributed by atoms with E-state index in [4.69, 9.17) is 9.47 Å². The van der Waals surface area contributed by atoms with Crippen LogP contribution in [0.4, 0.5) is 0 Å². The Hall–Kier alpha value is -0.160.